The number of methoxy groups -OCH3 is 1. The zero-order chi connectivity index (χ0) is 23.3. The van der Waals surface area contributed by atoms with Crippen LogP contribution in [0.4, 0.5) is 5.69 Å². The van der Waals surface area contributed by atoms with Crippen molar-refractivity contribution in [2.24, 2.45) is 0 Å². The summed E-state index contributed by atoms with van der Waals surface area (Å²) in [4.78, 5) is 12.0. The molecule has 0 fully saturated rings. The predicted molar refractivity (Wildman–Crippen MR) is 128 cm³/mol. The molecule has 0 saturated heterocycles. The Balaban J connectivity index is 2.07. The monoisotopic (exact) mass is 537 g/mol. The van der Waals surface area contributed by atoms with Gasteiger partial charge >= 0.3 is 5.97 Å². The Labute approximate surface area is 201 Å². The summed E-state index contributed by atoms with van der Waals surface area (Å²) in [7, 11) is -2.51. The molecule has 0 bridgehead atoms. The van der Waals surface area contributed by atoms with Crippen LogP contribution < -0.4 is 10.0 Å². The number of anilines is 1. The molecule has 3 N–H and O–H groups in total. The van der Waals surface area contributed by atoms with E-state index in [9.17, 15) is 13.2 Å². The number of esters is 1. The lowest BCUT2D eigenvalue weighted by Gasteiger charge is -2.21. The molecule has 3 aromatic carbocycles. The fraction of sp³-hybridized carbons (Fsp3) is 0.174. The standard InChI is InChI=1S/C23H22BrClN2O4S/c1-15-7-10-17(11-8-15)32(29,30)27-21-12-9-16(24)13-19(21)23(26-14-22(28)31-2)18-5-3-4-6-20(18)25/h3-13,23,26-27H,14H2,1-2H3/p+1/t23-/m1/s1. The Hall–Kier alpha value is -2.39. The minimum Gasteiger partial charge on any atom is -0.465 e. The van der Waals surface area contributed by atoms with Crippen molar-refractivity contribution in [1.29, 1.82) is 0 Å². The van der Waals surface area contributed by atoms with Gasteiger partial charge in [0.15, 0.2) is 6.54 Å². The van der Waals surface area contributed by atoms with Gasteiger partial charge in [0.1, 0.15) is 6.04 Å². The lowest BCUT2D eigenvalue weighted by Crippen LogP contribution is -2.87. The normalized spacial score (nSPS) is 12.2. The number of quaternary nitrogens is 1. The zero-order valence-electron chi connectivity index (χ0n) is 17.5. The second kappa shape index (κ2) is 10.5. The van der Waals surface area contributed by atoms with E-state index in [0.29, 0.717) is 16.3 Å². The van der Waals surface area contributed by atoms with E-state index in [2.05, 4.69) is 20.7 Å². The molecule has 168 valence electrons. The van der Waals surface area contributed by atoms with E-state index in [0.717, 1.165) is 15.6 Å². The SMILES string of the molecule is COC(=O)C[NH2+][C@H](c1ccccc1Cl)c1cc(Br)ccc1NS(=O)(=O)c1ccc(C)cc1. The second-order valence-electron chi connectivity index (χ2n) is 7.17. The van der Waals surface area contributed by atoms with Crippen LogP contribution in [0.2, 0.25) is 5.02 Å². The van der Waals surface area contributed by atoms with E-state index in [1.54, 1.807) is 47.8 Å². The van der Waals surface area contributed by atoms with Gasteiger partial charge in [0.2, 0.25) is 0 Å². The van der Waals surface area contributed by atoms with E-state index in [4.69, 9.17) is 16.3 Å². The number of carbonyl (C=O) groups is 1. The Bertz CT molecular complexity index is 1220. The molecule has 1 atom stereocenters. The number of nitrogens with two attached hydrogens (primary N) is 1. The van der Waals surface area contributed by atoms with Crippen LogP contribution >= 0.6 is 27.5 Å². The molecule has 0 spiro atoms. The highest BCUT2D eigenvalue weighted by Gasteiger charge is 2.27. The van der Waals surface area contributed by atoms with Gasteiger partial charge in [-0.25, -0.2) is 13.2 Å². The first-order chi connectivity index (χ1) is 15.2. The van der Waals surface area contributed by atoms with Crippen LogP contribution in [0.5, 0.6) is 0 Å². The molecular weight excluding hydrogens is 516 g/mol. The molecule has 3 aromatic rings. The van der Waals surface area contributed by atoms with Crippen LogP contribution in [0.25, 0.3) is 0 Å². The van der Waals surface area contributed by atoms with E-state index < -0.39 is 22.0 Å². The average Bonchev–Trinajstić information content (AvgIpc) is 2.76. The number of ether oxygens (including phenoxy) is 1. The Morgan fingerprint density at radius 1 is 1.09 bits per heavy atom. The zero-order valence-corrected chi connectivity index (χ0v) is 20.7. The molecule has 0 amide bonds. The lowest BCUT2D eigenvalue weighted by atomic mass is 9.97. The van der Waals surface area contributed by atoms with E-state index >= 15 is 0 Å². The predicted octanol–water partition coefficient (Wildman–Crippen LogP) is 4.04. The van der Waals surface area contributed by atoms with Gasteiger partial charge in [-0.15, -0.1) is 0 Å². The molecule has 0 saturated carbocycles. The highest BCUT2D eigenvalue weighted by Crippen LogP contribution is 2.33. The Kier molecular flexibility index (Phi) is 7.95. The van der Waals surface area contributed by atoms with Gasteiger partial charge in [0, 0.05) is 15.6 Å². The van der Waals surface area contributed by atoms with Crippen molar-refractivity contribution in [2.45, 2.75) is 17.9 Å². The first kappa shape index (κ1) is 24.3. The number of hydrogen-bond acceptors (Lipinski definition) is 4. The van der Waals surface area contributed by atoms with Gasteiger partial charge in [-0.05, 0) is 43.3 Å². The average molecular weight is 539 g/mol. The molecule has 32 heavy (non-hydrogen) atoms. The van der Waals surface area contributed by atoms with Crippen LogP contribution in [0.3, 0.4) is 0 Å². The van der Waals surface area contributed by atoms with Crippen molar-refractivity contribution in [2.75, 3.05) is 18.4 Å². The maximum Gasteiger partial charge on any atom is 0.361 e. The van der Waals surface area contributed by atoms with Crippen molar-refractivity contribution in [3.05, 3.63) is 92.9 Å². The van der Waals surface area contributed by atoms with E-state index in [-0.39, 0.29) is 11.4 Å². The molecule has 0 aliphatic rings. The lowest BCUT2D eigenvalue weighted by molar-refractivity contribution is -0.677. The molecule has 0 aliphatic heterocycles. The van der Waals surface area contributed by atoms with Crippen molar-refractivity contribution in [1.82, 2.24) is 0 Å². The molecule has 6 nitrogen and oxygen atoms in total. The van der Waals surface area contributed by atoms with Crippen LogP contribution in [0.15, 0.2) is 76.1 Å². The summed E-state index contributed by atoms with van der Waals surface area (Å²) in [6.45, 7) is 1.92. The summed E-state index contributed by atoms with van der Waals surface area (Å²) in [5.74, 6) is -0.404. The number of halogens is 2. The quantitative estimate of drug-likeness (QED) is 0.424. The van der Waals surface area contributed by atoms with Crippen molar-refractivity contribution >= 4 is 49.2 Å². The topological polar surface area (TPSA) is 89.1 Å². The molecule has 9 heteroatoms. The summed E-state index contributed by atoms with van der Waals surface area (Å²) in [6.07, 6.45) is 0. The van der Waals surface area contributed by atoms with Crippen LogP contribution in [-0.4, -0.2) is 28.0 Å². The molecule has 0 aromatic heterocycles. The largest absolute Gasteiger partial charge is 0.465 e. The second-order valence-corrected chi connectivity index (χ2v) is 10.2. The third-order valence-corrected chi connectivity index (χ3v) is 7.13. The number of hydrogen-bond donors (Lipinski definition) is 2. The van der Waals surface area contributed by atoms with Gasteiger partial charge in [-0.3, -0.25) is 4.72 Å². The number of sulfonamides is 1. The van der Waals surface area contributed by atoms with Gasteiger partial charge < -0.3 is 10.1 Å². The minimum atomic E-state index is -3.83. The number of carbonyl (C=O) groups excluding carboxylic acids is 1. The summed E-state index contributed by atoms with van der Waals surface area (Å²) >= 11 is 9.93. The fourth-order valence-corrected chi connectivity index (χ4v) is 4.97. The minimum absolute atomic E-state index is 0.0308. The van der Waals surface area contributed by atoms with Crippen LogP contribution in [-0.2, 0) is 19.6 Å². The Morgan fingerprint density at radius 2 is 1.78 bits per heavy atom. The molecule has 0 radical (unpaired) electrons. The van der Waals surface area contributed by atoms with E-state index in [1.807, 2.05) is 31.2 Å². The van der Waals surface area contributed by atoms with Gasteiger partial charge in [-0.1, -0.05) is 63.4 Å². The summed E-state index contributed by atoms with van der Waals surface area (Å²) < 4.78 is 34.3. The number of benzene rings is 3. The number of nitrogens with one attached hydrogen (secondary N) is 1. The van der Waals surface area contributed by atoms with Gasteiger partial charge in [0.25, 0.3) is 10.0 Å². The molecule has 3 rings (SSSR count). The van der Waals surface area contributed by atoms with Crippen molar-refractivity contribution < 1.29 is 23.3 Å². The summed E-state index contributed by atoms with van der Waals surface area (Å²) in [6, 6.07) is 18.6. The molecule has 0 aliphatic carbocycles. The highest BCUT2D eigenvalue weighted by atomic mass is 79.9. The highest BCUT2D eigenvalue weighted by molar-refractivity contribution is 9.10. The maximum atomic E-state index is 13.1. The summed E-state index contributed by atoms with van der Waals surface area (Å²) in [5, 5.41) is 2.27. The molecule has 0 heterocycles. The number of aryl methyl sites for hydroxylation is 1. The van der Waals surface area contributed by atoms with Gasteiger partial charge in [-0.2, -0.15) is 0 Å². The van der Waals surface area contributed by atoms with Crippen LogP contribution in [0, 0.1) is 6.92 Å². The third-order valence-electron chi connectivity index (χ3n) is 4.91. The van der Waals surface area contributed by atoms with Crippen LogP contribution in [0.1, 0.15) is 22.7 Å². The first-order valence-corrected chi connectivity index (χ1v) is 12.4. The Morgan fingerprint density at radius 3 is 2.44 bits per heavy atom. The third kappa shape index (κ3) is 5.89. The number of rotatable bonds is 8. The van der Waals surface area contributed by atoms with Crippen molar-refractivity contribution in [3.8, 4) is 0 Å². The van der Waals surface area contributed by atoms with E-state index in [1.165, 1.54) is 7.11 Å². The van der Waals surface area contributed by atoms with Gasteiger partial charge in [0.05, 0.1) is 22.7 Å². The smallest absolute Gasteiger partial charge is 0.361 e. The maximum absolute atomic E-state index is 13.1. The fourth-order valence-electron chi connectivity index (χ4n) is 3.25. The first-order valence-electron chi connectivity index (χ1n) is 9.75. The summed E-state index contributed by atoms with van der Waals surface area (Å²) in [5.41, 5.74) is 2.74. The van der Waals surface area contributed by atoms with Crippen molar-refractivity contribution in [3.63, 3.8) is 0 Å². The molecule has 0 unspecified atom stereocenters. The molecular formula is C23H23BrClN2O4S+.